The van der Waals surface area contributed by atoms with Gasteiger partial charge in [0.25, 0.3) is 0 Å². The molecule has 74 valence electrons. The zero-order valence-corrected chi connectivity index (χ0v) is 9.53. The maximum absolute atomic E-state index is 11.5. The second-order valence-electron chi connectivity index (χ2n) is 4.08. The minimum Gasteiger partial charge on any atom is -0.378 e. The van der Waals surface area contributed by atoms with Gasteiger partial charge in [-0.05, 0) is 34.6 Å². The van der Waals surface area contributed by atoms with Gasteiger partial charge >= 0.3 is 0 Å². The molecule has 0 aliphatic heterocycles. The van der Waals surface area contributed by atoms with Crippen LogP contribution in [-0.4, -0.2) is 27.4 Å². The summed E-state index contributed by atoms with van der Waals surface area (Å²) in [5.41, 5.74) is 0. The van der Waals surface area contributed by atoms with Crippen molar-refractivity contribution in [1.82, 2.24) is 0 Å². The molecule has 2 nitrogen and oxygen atoms in total. The summed E-state index contributed by atoms with van der Waals surface area (Å²) in [6, 6.07) is 0. The normalized spacial score (nSPS) is 15.2. The van der Waals surface area contributed by atoms with E-state index in [2.05, 4.69) is 0 Å². The molecular formula is C9H20O2S. The maximum atomic E-state index is 11.5. The fraction of sp³-hybridized carbons (Fsp3) is 1.00. The molecule has 0 heterocycles. The Morgan fingerprint density at radius 1 is 1.33 bits per heavy atom. The molecule has 0 rings (SSSR count). The number of ether oxygens (including phenoxy) is 1. The third-order valence-electron chi connectivity index (χ3n) is 1.40. The van der Waals surface area contributed by atoms with Gasteiger partial charge in [-0.3, -0.25) is 4.21 Å². The van der Waals surface area contributed by atoms with Gasteiger partial charge < -0.3 is 4.74 Å². The molecule has 0 saturated heterocycles. The molecule has 12 heavy (non-hydrogen) atoms. The van der Waals surface area contributed by atoms with Crippen LogP contribution in [0.2, 0.25) is 0 Å². The number of hydrogen-bond donors (Lipinski definition) is 0. The topological polar surface area (TPSA) is 26.3 Å². The van der Waals surface area contributed by atoms with Gasteiger partial charge in [0.2, 0.25) is 0 Å². The Bertz CT molecular complexity index is 147. The minimum atomic E-state index is -0.779. The summed E-state index contributed by atoms with van der Waals surface area (Å²) in [4.78, 5) is 0. The van der Waals surface area contributed by atoms with E-state index in [1.807, 2.05) is 34.6 Å². The van der Waals surface area contributed by atoms with Crippen molar-refractivity contribution in [2.24, 2.45) is 0 Å². The third-order valence-corrected chi connectivity index (χ3v) is 3.31. The Labute approximate surface area is 78.1 Å². The molecule has 0 aromatic rings. The minimum absolute atomic E-state index is 0.111. The van der Waals surface area contributed by atoms with Gasteiger partial charge in [0.05, 0.1) is 12.7 Å². The van der Waals surface area contributed by atoms with Crippen molar-refractivity contribution in [2.75, 3.05) is 12.4 Å². The largest absolute Gasteiger partial charge is 0.378 e. The Morgan fingerprint density at radius 3 is 2.17 bits per heavy atom. The van der Waals surface area contributed by atoms with E-state index in [1.165, 1.54) is 0 Å². The van der Waals surface area contributed by atoms with Gasteiger partial charge in [-0.25, -0.2) is 0 Å². The molecule has 0 aromatic carbocycles. The first kappa shape index (κ1) is 12.1. The van der Waals surface area contributed by atoms with Gasteiger partial charge in [0.1, 0.15) is 0 Å². The van der Waals surface area contributed by atoms with Crippen LogP contribution in [0.5, 0.6) is 0 Å². The summed E-state index contributed by atoms with van der Waals surface area (Å²) < 4.78 is 16.7. The van der Waals surface area contributed by atoms with Crippen molar-refractivity contribution in [1.29, 1.82) is 0 Å². The smallest absolute Gasteiger partial charge is 0.0585 e. The zero-order chi connectivity index (χ0) is 9.78. The first-order chi connectivity index (χ1) is 5.34. The van der Waals surface area contributed by atoms with E-state index < -0.39 is 10.8 Å². The summed E-state index contributed by atoms with van der Waals surface area (Å²) in [5, 5.41) is 0. The van der Waals surface area contributed by atoms with Gasteiger partial charge in [0, 0.05) is 21.3 Å². The van der Waals surface area contributed by atoms with Crippen LogP contribution in [-0.2, 0) is 15.5 Å². The maximum Gasteiger partial charge on any atom is 0.0585 e. The first-order valence-corrected chi connectivity index (χ1v) is 5.66. The lowest BCUT2D eigenvalue weighted by atomic mass is 10.3. The Morgan fingerprint density at radius 2 is 1.83 bits per heavy atom. The Kier molecular flexibility index (Phi) is 5.02. The lowest BCUT2D eigenvalue weighted by Gasteiger charge is -2.17. The van der Waals surface area contributed by atoms with E-state index in [-0.39, 0.29) is 10.9 Å². The zero-order valence-electron chi connectivity index (χ0n) is 8.72. The van der Waals surface area contributed by atoms with Crippen LogP contribution < -0.4 is 0 Å². The molecule has 0 aliphatic carbocycles. The van der Waals surface area contributed by atoms with Crippen molar-refractivity contribution >= 4 is 10.8 Å². The fourth-order valence-electron chi connectivity index (χ4n) is 0.666. The first-order valence-electron chi connectivity index (χ1n) is 4.34. The quantitative estimate of drug-likeness (QED) is 0.680. The lowest BCUT2D eigenvalue weighted by molar-refractivity contribution is 0.0915. The molecule has 0 N–H and O–H groups in total. The molecule has 0 bridgehead atoms. The molecular weight excluding hydrogens is 172 g/mol. The predicted octanol–water partition coefficient (Wildman–Crippen LogP) is 1.96. The van der Waals surface area contributed by atoms with Gasteiger partial charge in [-0.15, -0.1) is 0 Å². The highest BCUT2D eigenvalue weighted by atomic mass is 32.2. The van der Waals surface area contributed by atoms with E-state index in [0.29, 0.717) is 12.4 Å². The summed E-state index contributed by atoms with van der Waals surface area (Å²) >= 11 is 0. The molecule has 3 heteroatoms. The third kappa shape index (κ3) is 5.72. The lowest BCUT2D eigenvalue weighted by Crippen LogP contribution is -2.26. The molecule has 1 atom stereocenters. The van der Waals surface area contributed by atoms with Crippen LogP contribution >= 0.6 is 0 Å². The highest BCUT2D eigenvalue weighted by Gasteiger charge is 2.18. The molecule has 1 unspecified atom stereocenters. The predicted molar refractivity (Wildman–Crippen MR) is 53.9 cm³/mol. The second kappa shape index (κ2) is 4.97. The number of hydrogen-bond acceptors (Lipinski definition) is 2. The summed E-state index contributed by atoms with van der Waals surface area (Å²) in [6.07, 6.45) is 0.238. The van der Waals surface area contributed by atoms with Crippen molar-refractivity contribution in [3.8, 4) is 0 Å². The average molecular weight is 192 g/mol. The van der Waals surface area contributed by atoms with Crippen molar-refractivity contribution < 1.29 is 8.95 Å². The Balaban J connectivity index is 3.59. The molecule has 0 spiro atoms. The van der Waals surface area contributed by atoms with Gasteiger partial charge in [0.15, 0.2) is 0 Å². The van der Waals surface area contributed by atoms with Gasteiger partial charge in [-0.1, -0.05) is 0 Å². The summed E-state index contributed by atoms with van der Waals surface area (Å²) in [7, 11) is -0.779. The highest BCUT2D eigenvalue weighted by molar-refractivity contribution is 7.86. The second-order valence-corrected chi connectivity index (χ2v) is 6.41. The van der Waals surface area contributed by atoms with E-state index in [1.54, 1.807) is 0 Å². The number of rotatable bonds is 4. The molecule has 0 amide bonds. The van der Waals surface area contributed by atoms with Crippen LogP contribution in [0.1, 0.15) is 34.6 Å². The highest BCUT2D eigenvalue weighted by Crippen LogP contribution is 2.10. The fourth-order valence-corrected chi connectivity index (χ4v) is 1.53. The summed E-state index contributed by atoms with van der Waals surface area (Å²) in [6.45, 7) is 10.5. The van der Waals surface area contributed by atoms with Crippen LogP contribution in [0.25, 0.3) is 0 Å². The van der Waals surface area contributed by atoms with Crippen LogP contribution in [0, 0.1) is 0 Å². The van der Waals surface area contributed by atoms with E-state index >= 15 is 0 Å². The van der Waals surface area contributed by atoms with E-state index in [0.717, 1.165) is 0 Å². The van der Waals surface area contributed by atoms with Crippen molar-refractivity contribution in [3.63, 3.8) is 0 Å². The van der Waals surface area contributed by atoms with Crippen molar-refractivity contribution in [3.05, 3.63) is 0 Å². The van der Waals surface area contributed by atoms with Crippen LogP contribution in [0.15, 0.2) is 0 Å². The molecule has 0 radical (unpaired) electrons. The molecule has 0 aromatic heterocycles. The summed E-state index contributed by atoms with van der Waals surface area (Å²) in [5.74, 6) is 0.641. The molecule has 0 fully saturated rings. The van der Waals surface area contributed by atoms with E-state index in [4.69, 9.17) is 4.74 Å². The van der Waals surface area contributed by atoms with E-state index in [9.17, 15) is 4.21 Å². The van der Waals surface area contributed by atoms with Gasteiger partial charge in [-0.2, -0.15) is 0 Å². The monoisotopic (exact) mass is 192 g/mol. The Hall–Kier alpha value is 0.110. The standard InChI is InChI=1S/C9H20O2S/c1-8(2)11-6-7-12(10)9(3,4)5/h8H,6-7H2,1-5H3. The van der Waals surface area contributed by atoms with Crippen molar-refractivity contribution in [2.45, 2.75) is 45.5 Å². The van der Waals surface area contributed by atoms with Crippen LogP contribution in [0.3, 0.4) is 0 Å². The SMILES string of the molecule is CC(C)OCCS(=O)C(C)(C)C. The average Bonchev–Trinajstić information content (AvgIpc) is 1.84. The molecule has 0 aliphatic rings. The van der Waals surface area contributed by atoms with Crippen LogP contribution in [0.4, 0.5) is 0 Å². The molecule has 0 saturated carbocycles.